The molecular weight excluding hydrogens is 298 g/mol. The molecule has 0 spiro atoms. The topological polar surface area (TPSA) is 58.2 Å². The number of nitrogens with one attached hydrogen (secondary N) is 2. The number of anilines is 2. The SMILES string of the molecule is CS(=O)(=O)Nc1ccc(NCc2cc(F)cc(F)c2)cc1. The summed E-state index contributed by atoms with van der Waals surface area (Å²) in [4.78, 5) is 0. The van der Waals surface area contributed by atoms with Crippen LogP contribution in [0.5, 0.6) is 0 Å². The van der Waals surface area contributed by atoms with E-state index in [1.165, 1.54) is 12.1 Å². The van der Waals surface area contributed by atoms with Crippen molar-refractivity contribution in [2.45, 2.75) is 6.54 Å². The van der Waals surface area contributed by atoms with Gasteiger partial charge in [-0.15, -0.1) is 0 Å². The first kappa shape index (κ1) is 15.2. The maximum atomic E-state index is 13.0. The van der Waals surface area contributed by atoms with Crippen LogP contribution in [0.1, 0.15) is 5.56 Å². The summed E-state index contributed by atoms with van der Waals surface area (Å²) in [6.45, 7) is 0.257. The lowest BCUT2D eigenvalue weighted by Gasteiger charge is -2.08. The third-order valence-electron chi connectivity index (χ3n) is 2.61. The van der Waals surface area contributed by atoms with Crippen molar-refractivity contribution >= 4 is 21.4 Å². The van der Waals surface area contributed by atoms with Gasteiger partial charge in [-0.05, 0) is 42.0 Å². The van der Waals surface area contributed by atoms with Crippen LogP contribution in [-0.4, -0.2) is 14.7 Å². The third kappa shape index (κ3) is 5.03. The lowest BCUT2D eigenvalue weighted by Crippen LogP contribution is -2.09. The lowest BCUT2D eigenvalue weighted by molar-refractivity contribution is 0.580. The standard InChI is InChI=1S/C14H14F2N2O2S/c1-21(19,20)18-14-4-2-13(3-5-14)17-9-10-6-11(15)8-12(16)7-10/h2-8,17-18H,9H2,1H3. The zero-order valence-electron chi connectivity index (χ0n) is 11.2. The van der Waals surface area contributed by atoms with Crippen LogP contribution in [0, 0.1) is 11.6 Å². The summed E-state index contributed by atoms with van der Waals surface area (Å²) in [6, 6.07) is 9.83. The van der Waals surface area contributed by atoms with Crippen molar-refractivity contribution < 1.29 is 17.2 Å². The number of rotatable bonds is 5. The predicted octanol–water partition coefficient (Wildman–Crippen LogP) is 2.95. The quantitative estimate of drug-likeness (QED) is 0.892. The largest absolute Gasteiger partial charge is 0.381 e. The van der Waals surface area contributed by atoms with Gasteiger partial charge in [0.2, 0.25) is 10.0 Å². The molecule has 0 atom stereocenters. The van der Waals surface area contributed by atoms with E-state index < -0.39 is 21.7 Å². The van der Waals surface area contributed by atoms with Crippen molar-refractivity contribution in [2.75, 3.05) is 16.3 Å². The van der Waals surface area contributed by atoms with Gasteiger partial charge in [-0.2, -0.15) is 0 Å². The van der Waals surface area contributed by atoms with E-state index >= 15 is 0 Å². The predicted molar refractivity (Wildman–Crippen MR) is 78.6 cm³/mol. The van der Waals surface area contributed by atoms with Crippen LogP contribution in [0.4, 0.5) is 20.2 Å². The van der Waals surface area contributed by atoms with Gasteiger partial charge in [-0.1, -0.05) is 0 Å². The van der Waals surface area contributed by atoms with Crippen molar-refractivity contribution in [3.8, 4) is 0 Å². The van der Waals surface area contributed by atoms with Gasteiger partial charge in [-0.3, -0.25) is 4.72 Å². The highest BCUT2D eigenvalue weighted by molar-refractivity contribution is 7.92. The van der Waals surface area contributed by atoms with Gasteiger partial charge < -0.3 is 5.32 Å². The highest BCUT2D eigenvalue weighted by Gasteiger charge is 2.03. The van der Waals surface area contributed by atoms with E-state index in [0.717, 1.165) is 12.3 Å². The Balaban J connectivity index is 2.00. The summed E-state index contributed by atoms with van der Waals surface area (Å²) in [5.74, 6) is -1.25. The fourth-order valence-corrected chi connectivity index (χ4v) is 2.35. The van der Waals surface area contributed by atoms with Gasteiger partial charge in [0, 0.05) is 24.0 Å². The van der Waals surface area contributed by atoms with Gasteiger partial charge in [0.15, 0.2) is 0 Å². The minimum Gasteiger partial charge on any atom is -0.381 e. The highest BCUT2D eigenvalue weighted by Crippen LogP contribution is 2.16. The van der Waals surface area contributed by atoms with Crippen molar-refractivity contribution in [3.63, 3.8) is 0 Å². The molecule has 7 heteroatoms. The van der Waals surface area contributed by atoms with Crippen LogP contribution < -0.4 is 10.0 Å². The molecule has 0 saturated carbocycles. The first-order valence-corrected chi connectivity index (χ1v) is 7.98. The second-order valence-electron chi connectivity index (χ2n) is 4.58. The monoisotopic (exact) mass is 312 g/mol. The summed E-state index contributed by atoms with van der Waals surface area (Å²) in [6.07, 6.45) is 1.07. The zero-order chi connectivity index (χ0) is 15.5. The maximum absolute atomic E-state index is 13.0. The Labute approximate surface area is 121 Å². The molecule has 2 N–H and O–H groups in total. The van der Waals surface area contributed by atoms with Crippen LogP contribution in [0.15, 0.2) is 42.5 Å². The Morgan fingerprint density at radius 3 is 2.00 bits per heavy atom. The van der Waals surface area contributed by atoms with Gasteiger partial charge in [0.1, 0.15) is 11.6 Å². The Kier molecular flexibility index (Phi) is 4.42. The molecule has 2 aromatic rings. The highest BCUT2D eigenvalue weighted by atomic mass is 32.2. The Morgan fingerprint density at radius 2 is 1.48 bits per heavy atom. The maximum Gasteiger partial charge on any atom is 0.229 e. The Bertz CT molecular complexity index is 711. The zero-order valence-corrected chi connectivity index (χ0v) is 12.0. The molecule has 0 amide bonds. The molecule has 0 aliphatic carbocycles. The summed E-state index contributed by atoms with van der Waals surface area (Å²) < 4.78 is 50.5. The van der Waals surface area contributed by atoms with Crippen molar-refractivity contribution in [2.24, 2.45) is 0 Å². The average molecular weight is 312 g/mol. The van der Waals surface area contributed by atoms with Crippen LogP contribution in [0.3, 0.4) is 0 Å². The molecule has 0 aliphatic rings. The van der Waals surface area contributed by atoms with E-state index in [1.54, 1.807) is 24.3 Å². The molecule has 0 saturated heterocycles. The summed E-state index contributed by atoms with van der Waals surface area (Å²) in [7, 11) is -3.31. The van der Waals surface area contributed by atoms with Gasteiger partial charge in [-0.25, -0.2) is 17.2 Å². The van der Waals surface area contributed by atoms with E-state index in [2.05, 4.69) is 10.0 Å². The fourth-order valence-electron chi connectivity index (χ4n) is 1.79. The van der Waals surface area contributed by atoms with Gasteiger partial charge in [0.25, 0.3) is 0 Å². The minimum absolute atomic E-state index is 0.257. The molecule has 21 heavy (non-hydrogen) atoms. The summed E-state index contributed by atoms with van der Waals surface area (Å²) >= 11 is 0. The smallest absolute Gasteiger partial charge is 0.229 e. The molecule has 2 rings (SSSR count). The van der Waals surface area contributed by atoms with Crippen LogP contribution in [-0.2, 0) is 16.6 Å². The number of hydrogen-bond donors (Lipinski definition) is 2. The Morgan fingerprint density at radius 1 is 0.952 bits per heavy atom. The van der Waals surface area contributed by atoms with Crippen molar-refractivity contribution in [1.29, 1.82) is 0 Å². The van der Waals surface area contributed by atoms with E-state index in [1.807, 2.05) is 0 Å². The van der Waals surface area contributed by atoms with Crippen LogP contribution in [0.25, 0.3) is 0 Å². The fraction of sp³-hybridized carbons (Fsp3) is 0.143. The normalized spacial score (nSPS) is 11.2. The average Bonchev–Trinajstić information content (AvgIpc) is 2.35. The minimum atomic E-state index is -3.31. The second-order valence-corrected chi connectivity index (χ2v) is 6.33. The third-order valence-corrected chi connectivity index (χ3v) is 3.21. The van der Waals surface area contributed by atoms with E-state index in [0.29, 0.717) is 16.9 Å². The number of hydrogen-bond acceptors (Lipinski definition) is 3. The molecule has 0 aromatic heterocycles. The van der Waals surface area contributed by atoms with E-state index in [-0.39, 0.29) is 6.54 Å². The molecule has 0 heterocycles. The number of benzene rings is 2. The molecule has 0 aliphatic heterocycles. The first-order valence-electron chi connectivity index (χ1n) is 6.08. The first-order chi connectivity index (χ1) is 9.82. The van der Waals surface area contributed by atoms with Crippen LogP contribution >= 0.6 is 0 Å². The number of sulfonamides is 1. The molecule has 2 aromatic carbocycles. The molecule has 0 bridgehead atoms. The summed E-state index contributed by atoms with van der Waals surface area (Å²) in [5, 5.41) is 2.99. The molecule has 4 nitrogen and oxygen atoms in total. The molecule has 112 valence electrons. The lowest BCUT2D eigenvalue weighted by atomic mass is 10.2. The Hall–Kier alpha value is -2.15. The summed E-state index contributed by atoms with van der Waals surface area (Å²) in [5.41, 5.74) is 1.63. The van der Waals surface area contributed by atoms with E-state index in [4.69, 9.17) is 0 Å². The van der Waals surface area contributed by atoms with Gasteiger partial charge in [0.05, 0.1) is 6.26 Å². The van der Waals surface area contributed by atoms with E-state index in [9.17, 15) is 17.2 Å². The molecular formula is C14H14F2N2O2S. The second kappa shape index (κ2) is 6.09. The molecule has 0 radical (unpaired) electrons. The molecule has 0 unspecified atom stereocenters. The van der Waals surface area contributed by atoms with Crippen LogP contribution in [0.2, 0.25) is 0 Å². The van der Waals surface area contributed by atoms with Gasteiger partial charge >= 0.3 is 0 Å². The molecule has 0 fully saturated rings. The van der Waals surface area contributed by atoms with Crippen molar-refractivity contribution in [1.82, 2.24) is 0 Å². The number of halogens is 2. The van der Waals surface area contributed by atoms with Crippen molar-refractivity contribution in [3.05, 3.63) is 59.7 Å².